The van der Waals surface area contributed by atoms with E-state index in [-0.39, 0.29) is 24.8 Å². The highest BCUT2D eigenvalue weighted by Gasteiger charge is 2.16. The van der Waals surface area contributed by atoms with Crippen molar-refractivity contribution in [2.24, 2.45) is 0 Å². The fourth-order valence-corrected chi connectivity index (χ4v) is 1.79. The Bertz CT molecular complexity index is 248. The molecule has 13 heavy (non-hydrogen) atoms. The van der Waals surface area contributed by atoms with Gasteiger partial charge in [-0.3, -0.25) is 4.68 Å². The van der Waals surface area contributed by atoms with Crippen LogP contribution in [0.5, 0.6) is 0 Å². The van der Waals surface area contributed by atoms with E-state index in [0.29, 0.717) is 6.04 Å². The third kappa shape index (κ3) is 3.27. The van der Waals surface area contributed by atoms with Crippen molar-refractivity contribution in [2.75, 3.05) is 13.1 Å². The maximum Gasteiger partial charge on any atom is 0.0656 e. The van der Waals surface area contributed by atoms with Gasteiger partial charge in [0.05, 0.1) is 15.8 Å². The Kier molecular flexibility index (Phi) is 6.28. The average molecular weight is 336 g/mol. The van der Waals surface area contributed by atoms with Crippen molar-refractivity contribution in [3.63, 3.8) is 0 Å². The lowest BCUT2D eigenvalue weighted by atomic mass is 10.3. The topological polar surface area (TPSA) is 29.9 Å². The highest BCUT2D eigenvalue weighted by atomic mass is 127. The van der Waals surface area contributed by atoms with Crippen molar-refractivity contribution >= 4 is 47.4 Å². The van der Waals surface area contributed by atoms with Gasteiger partial charge in [-0.05, 0) is 35.6 Å². The standard InChI is InChI=1S/C7H10IN3.2ClH/c8-6-3-10-11(5-6)7-1-2-9-4-7;;/h3,5,7,9H,1-2,4H2;2*1H/t7-;;/m0../s1. The first-order valence-electron chi connectivity index (χ1n) is 3.76. The predicted octanol–water partition coefficient (Wildman–Crippen LogP) is 1.87. The minimum absolute atomic E-state index is 0. The molecule has 0 radical (unpaired) electrons. The lowest BCUT2D eigenvalue weighted by Gasteiger charge is -2.07. The molecule has 0 spiro atoms. The Balaban J connectivity index is 0.000000720. The largest absolute Gasteiger partial charge is 0.315 e. The van der Waals surface area contributed by atoms with Crippen molar-refractivity contribution in [3.8, 4) is 0 Å². The molecule has 0 unspecified atom stereocenters. The second-order valence-corrected chi connectivity index (χ2v) is 4.03. The molecular formula is C7H12Cl2IN3. The van der Waals surface area contributed by atoms with E-state index in [4.69, 9.17) is 0 Å². The number of rotatable bonds is 1. The van der Waals surface area contributed by atoms with Gasteiger partial charge in [0, 0.05) is 12.7 Å². The summed E-state index contributed by atoms with van der Waals surface area (Å²) in [5, 5.41) is 7.58. The summed E-state index contributed by atoms with van der Waals surface area (Å²) in [5.41, 5.74) is 0. The van der Waals surface area contributed by atoms with Crippen LogP contribution in [0.15, 0.2) is 12.4 Å². The van der Waals surface area contributed by atoms with Crippen molar-refractivity contribution in [1.29, 1.82) is 0 Å². The Morgan fingerprint density at radius 2 is 2.31 bits per heavy atom. The first kappa shape index (κ1) is 13.5. The van der Waals surface area contributed by atoms with E-state index in [9.17, 15) is 0 Å². The average Bonchev–Trinajstić information content (AvgIpc) is 2.55. The van der Waals surface area contributed by atoms with Crippen molar-refractivity contribution < 1.29 is 0 Å². The Morgan fingerprint density at radius 1 is 1.54 bits per heavy atom. The quantitative estimate of drug-likeness (QED) is 0.794. The second kappa shape index (κ2) is 6.06. The summed E-state index contributed by atoms with van der Waals surface area (Å²) in [6.45, 7) is 2.19. The molecule has 0 aliphatic carbocycles. The third-order valence-electron chi connectivity index (χ3n) is 1.98. The number of nitrogens with zero attached hydrogens (tertiary/aromatic N) is 2. The van der Waals surface area contributed by atoms with E-state index in [2.05, 4.69) is 43.9 Å². The summed E-state index contributed by atoms with van der Waals surface area (Å²) in [6.07, 6.45) is 5.20. The van der Waals surface area contributed by atoms with Crippen LogP contribution in [0.4, 0.5) is 0 Å². The molecular weight excluding hydrogens is 324 g/mol. The maximum atomic E-state index is 4.27. The van der Waals surface area contributed by atoms with Crippen LogP contribution < -0.4 is 5.32 Å². The molecule has 0 amide bonds. The molecule has 1 atom stereocenters. The summed E-state index contributed by atoms with van der Waals surface area (Å²) >= 11 is 2.28. The summed E-state index contributed by atoms with van der Waals surface area (Å²) in [5.74, 6) is 0. The molecule has 1 N–H and O–H groups in total. The molecule has 1 saturated heterocycles. The monoisotopic (exact) mass is 335 g/mol. The van der Waals surface area contributed by atoms with Crippen LogP contribution in [0.25, 0.3) is 0 Å². The van der Waals surface area contributed by atoms with Gasteiger partial charge in [-0.1, -0.05) is 0 Å². The van der Waals surface area contributed by atoms with Gasteiger partial charge in [0.2, 0.25) is 0 Å². The Morgan fingerprint density at radius 3 is 2.77 bits per heavy atom. The number of halogens is 3. The van der Waals surface area contributed by atoms with Crippen LogP contribution in [0.2, 0.25) is 0 Å². The maximum absolute atomic E-state index is 4.27. The van der Waals surface area contributed by atoms with Crippen LogP contribution in [0.1, 0.15) is 12.5 Å². The summed E-state index contributed by atoms with van der Waals surface area (Å²) in [6, 6.07) is 0.582. The number of aromatic nitrogens is 2. The summed E-state index contributed by atoms with van der Waals surface area (Å²) in [7, 11) is 0. The van der Waals surface area contributed by atoms with E-state index >= 15 is 0 Å². The molecule has 2 heterocycles. The van der Waals surface area contributed by atoms with Crippen molar-refractivity contribution in [1.82, 2.24) is 15.1 Å². The molecule has 6 heteroatoms. The van der Waals surface area contributed by atoms with Crippen LogP contribution in [0.3, 0.4) is 0 Å². The number of hydrogen-bond donors (Lipinski definition) is 1. The van der Waals surface area contributed by atoms with E-state index in [1.807, 2.05) is 6.20 Å². The fraction of sp³-hybridized carbons (Fsp3) is 0.571. The highest BCUT2D eigenvalue weighted by molar-refractivity contribution is 14.1. The Hall–Kier alpha value is 0.480. The molecule has 2 rings (SSSR count). The molecule has 0 aromatic carbocycles. The molecule has 1 aliphatic rings. The van der Waals surface area contributed by atoms with Gasteiger partial charge in [-0.2, -0.15) is 5.10 Å². The van der Waals surface area contributed by atoms with Crippen LogP contribution >= 0.6 is 47.4 Å². The molecule has 0 saturated carbocycles. The van der Waals surface area contributed by atoms with Crippen molar-refractivity contribution in [3.05, 3.63) is 16.0 Å². The molecule has 1 aliphatic heterocycles. The van der Waals surface area contributed by atoms with E-state index in [1.54, 1.807) is 0 Å². The van der Waals surface area contributed by atoms with Gasteiger partial charge < -0.3 is 5.32 Å². The van der Waals surface area contributed by atoms with E-state index in [1.165, 1.54) is 9.99 Å². The zero-order valence-corrected chi connectivity index (χ0v) is 10.7. The molecule has 1 aromatic heterocycles. The summed E-state index contributed by atoms with van der Waals surface area (Å²) in [4.78, 5) is 0. The van der Waals surface area contributed by atoms with Gasteiger partial charge in [0.1, 0.15) is 0 Å². The lowest BCUT2D eigenvalue weighted by Crippen LogP contribution is -2.13. The minimum Gasteiger partial charge on any atom is -0.315 e. The first-order chi connectivity index (χ1) is 5.36. The van der Waals surface area contributed by atoms with E-state index < -0.39 is 0 Å². The predicted molar refractivity (Wildman–Crippen MR) is 66.0 cm³/mol. The third-order valence-corrected chi connectivity index (χ3v) is 2.54. The van der Waals surface area contributed by atoms with Crippen LogP contribution in [-0.2, 0) is 0 Å². The zero-order valence-electron chi connectivity index (χ0n) is 6.94. The van der Waals surface area contributed by atoms with Gasteiger partial charge >= 0.3 is 0 Å². The van der Waals surface area contributed by atoms with Crippen molar-refractivity contribution in [2.45, 2.75) is 12.5 Å². The highest BCUT2D eigenvalue weighted by Crippen LogP contribution is 2.14. The molecule has 0 bridgehead atoms. The molecule has 76 valence electrons. The van der Waals surface area contributed by atoms with Gasteiger partial charge in [-0.15, -0.1) is 24.8 Å². The fourth-order valence-electron chi connectivity index (χ4n) is 1.38. The SMILES string of the molecule is Cl.Cl.Ic1cnn([C@H]2CCNC2)c1. The normalized spacial score (nSPS) is 20.5. The van der Waals surface area contributed by atoms with Crippen LogP contribution in [0, 0.1) is 3.57 Å². The molecule has 1 fully saturated rings. The lowest BCUT2D eigenvalue weighted by molar-refractivity contribution is 0.490. The minimum atomic E-state index is 0. The zero-order chi connectivity index (χ0) is 7.68. The van der Waals surface area contributed by atoms with Gasteiger partial charge in [0.25, 0.3) is 0 Å². The first-order valence-corrected chi connectivity index (χ1v) is 4.84. The molecule has 3 nitrogen and oxygen atoms in total. The number of hydrogen-bond acceptors (Lipinski definition) is 2. The molecule has 1 aromatic rings. The Labute approximate surface area is 104 Å². The summed E-state index contributed by atoms with van der Waals surface area (Å²) < 4.78 is 3.27. The van der Waals surface area contributed by atoms with Gasteiger partial charge in [-0.25, -0.2) is 0 Å². The van der Waals surface area contributed by atoms with Gasteiger partial charge in [0.15, 0.2) is 0 Å². The van der Waals surface area contributed by atoms with E-state index in [0.717, 1.165) is 13.1 Å². The van der Waals surface area contributed by atoms with Crippen LogP contribution in [-0.4, -0.2) is 22.9 Å². The second-order valence-electron chi connectivity index (χ2n) is 2.79. The number of nitrogens with one attached hydrogen (secondary N) is 1. The smallest absolute Gasteiger partial charge is 0.0656 e.